The van der Waals surface area contributed by atoms with E-state index in [4.69, 9.17) is 14.2 Å². The molecule has 0 radical (unpaired) electrons. The number of unbranched alkanes of at least 4 members (excludes halogenated alkanes) is 24. The molecule has 0 aromatic rings. The van der Waals surface area contributed by atoms with Crippen molar-refractivity contribution in [3.63, 3.8) is 0 Å². The maximum Gasteiger partial charge on any atom is 0.306 e. The van der Waals surface area contributed by atoms with Crippen LogP contribution in [0.4, 0.5) is 0 Å². The summed E-state index contributed by atoms with van der Waals surface area (Å²) in [6.07, 6.45) is 81.0. The predicted molar refractivity (Wildman–Crippen MR) is 311 cm³/mol. The minimum Gasteiger partial charge on any atom is -0.462 e. The Kier molecular flexibility index (Phi) is 56.4. The quantitative estimate of drug-likeness (QED) is 0.0261. The van der Waals surface area contributed by atoms with Gasteiger partial charge in [-0.15, -0.1) is 0 Å². The average molecular weight is 1000 g/mol. The van der Waals surface area contributed by atoms with Crippen LogP contribution in [0, 0.1) is 0 Å². The second kappa shape index (κ2) is 59.6. The lowest BCUT2D eigenvalue weighted by molar-refractivity contribution is -0.167. The van der Waals surface area contributed by atoms with Gasteiger partial charge in [-0.2, -0.15) is 0 Å². The first-order valence-corrected chi connectivity index (χ1v) is 29.9. The van der Waals surface area contributed by atoms with E-state index in [1.807, 2.05) is 0 Å². The van der Waals surface area contributed by atoms with Crippen molar-refractivity contribution in [3.8, 4) is 0 Å². The van der Waals surface area contributed by atoms with Gasteiger partial charge in [0.1, 0.15) is 13.2 Å². The smallest absolute Gasteiger partial charge is 0.306 e. The maximum atomic E-state index is 12.8. The van der Waals surface area contributed by atoms with E-state index >= 15 is 0 Å². The molecule has 0 saturated carbocycles. The fourth-order valence-corrected chi connectivity index (χ4v) is 8.02. The molecule has 0 aliphatic carbocycles. The van der Waals surface area contributed by atoms with Crippen LogP contribution in [0.15, 0.2) is 109 Å². The van der Waals surface area contributed by atoms with Crippen LogP contribution in [0.5, 0.6) is 0 Å². The van der Waals surface area contributed by atoms with E-state index in [0.717, 1.165) is 148 Å². The Hall–Kier alpha value is -3.93. The molecule has 6 heteroatoms. The Morgan fingerprint density at radius 3 is 0.875 bits per heavy atom. The largest absolute Gasteiger partial charge is 0.462 e. The van der Waals surface area contributed by atoms with E-state index in [1.54, 1.807) is 0 Å². The van der Waals surface area contributed by atoms with Gasteiger partial charge < -0.3 is 14.2 Å². The third kappa shape index (κ3) is 57.0. The van der Waals surface area contributed by atoms with Crippen molar-refractivity contribution >= 4 is 17.9 Å². The second-order valence-electron chi connectivity index (χ2n) is 19.5. The van der Waals surface area contributed by atoms with Gasteiger partial charge in [-0.25, -0.2) is 0 Å². The Balaban J connectivity index is 4.16. The first-order valence-electron chi connectivity index (χ1n) is 29.9. The monoisotopic (exact) mass is 999 g/mol. The number of allylic oxidation sites excluding steroid dienone is 18. The molecule has 0 N–H and O–H groups in total. The molecule has 72 heavy (non-hydrogen) atoms. The maximum absolute atomic E-state index is 12.8. The normalized spacial score (nSPS) is 12.9. The van der Waals surface area contributed by atoms with Crippen molar-refractivity contribution < 1.29 is 28.6 Å². The standard InChI is InChI=1S/C66H110O6/c1-4-7-10-13-16-19-22-24-25-26-27-28-29-30-31-32-33-34-35-36-37-38-39-40-41-43-44-47-50-53-56-59-65(68)71-62-63(61-70-64(67)58-55-52-49-46-21-18-15-12-9-6-3)72-66(69)60-57-54-51-48-45-42-23-20-17-14-11-8-5-2/h7,10-12,14-16,19-20,23-25,27-28,30-31,33-34,63H,4-6,8-9,13,17-18,21-22,26,29,32,35-62H2,1-3H3/b10-7-,14-11-,15-12-,19-16-,23-20-,25-24-,28-27-,31-30-,34-33-. The van der Waals surface area contributed by atoms with Crippen molar-refractivity contribution in [2.75, 3.05) is 13.2 Å². The number of hydrogen-bond donors (Lipinski definition) is 0. The molecular weight excluding hydrogens is 889 g/mol. The van der Waals surface area contributed by atoms with Crippen molar-refractivity contribution in [3.05, 3.63) is 109 Å². The molecule has 1 unspecified atom stereocenters. The average Bonchev–Trinajstić information content (AvgIpc) is 3.38. The number of carbonyl (C=O) groups is 3. The second-order valence-corrected chi connectivity index (χ2v) is 19.5. The summed E-state index contributed by atoms with van der Waals surface area (Å²) in [5.41, 5.74) is 0. The summed E-state index contributed by atoms with van der Waals surface area (Å²) in [5.74, 6) is -0.914. The van der Waals surface area contributed by atoms with Gasteiger partial charge in [0.2, 0.25) is 0 Å². The number of ether oxygens (including phenoxy) is 3. The van der Waals surface area contributed by atoms with Crippen LogP contribution in [-0.4, -0.2) is 37.2 Å². The summed E-state index contributed by atoms with van der Waals surface area (Å²) in [5, 5.41) is 0. The van der Waals surface area contributed by atoms with Crippen molar-refractivity contribution in [1.29, 1.82) is 0 Å². The lowest BCUT2D eigenvalue weighted by Crippen LogP contribution is -2.30. The molecule has 0 aromatic heterocycles. The van der Waals surface area contributed by atoms with E-state index in [9.17, 15) is 14.4 Å². The number of hydrogen-bond acceptors (Lipinski definition) is 6. The van der Waals surface area contributed by atoms with E-state index in [1.165, 1.54) is 83.5 Å². The van der Waals surface area contributed by atoms with Crippen LogP contribution in [0.2, 0.25) is 0 Å². The fourth-order valence-electron chi connectivity index (χ4n) is 8.02. The van der Waals surface area contributed by atoms with E-state index in [-0.39, 0.29) is 31.1 Å². The first-order chi connectivity index (χ1) is 35.5. The van der Waals surface area contributed by atoms with Crippen molar-refractivity contribution in [1.82, 2.24) is 0 Å². The highest BCUT2D eigenvalue weighted by atomic mass is 16.6. The summed E-state index contributed by atoms with van der Waals surface area (Å²) >= 11 is 0. The molecule has 0 fully saturated rings. The lowest BCUT2D eigenvalue weighted by Gasteiger charge is -2.18. The Bertz CT molecular complexity index is 1470. The highest BCUT2D eigenvalue weighted by molar-refractivity contribution is 5.71. The van der Waals surface area contributed by atoms with Gasteiger partial charge in [0.25, 0.3) is 0 Å². The summed E-state index contributed by atoms with van der Waals surface area (Å²) in [7, 11) is 0. The molecule has 0 amide bonds. The van der Waals surface area contributed by atoms with Crippen LogP contribution >= 0.6 is 0 Å². The molecule has 0 saturated heterocycles. The van der Waals surface area contributed by atoms with Gasteiger partial charge in [0, 0.05) is 19.3 Å². The van der Waals surface area contributed by atoms with Crippen LogP contribution in [0.1, 0.15) is 271 Å². The topological polar surface area (TPSA) is 78.9 Å². The zero-order chi connectivity index (χ0) is 52.2. The molecule has 0 heterocycles. The lowest BCUT2D eigenvalue weighted by atomic mass is 10.0. The number of carbonyl (C=O) groups excluding carboxylic acids is 3. The summed E-state index contributed by atoms with van der Waals surface area (Å²) < 4.78 is 16.8. The van der Waals surface area contributed by atoms with Gasteiger partial charge in [0.05, 0.1) is 0 Å². The van der Waals surface area contributed by atoms with Gasteiger partial charge >= 0.3 is 17.9 Å². The van der Waals surface area contributed by atoms with E-state index in [0.29, 0.717) is 19.3 Å². The predicted octanol–water partition coefficient (Wildman–Crippen LogP) is 20.3. The van der Waals surface area contributed by atoms with Crippen molar-refractivity contribution in [2.45, 2.75) is 277 Å². The molecule has 410 valence electrons. The van der Waals surface area contributed by atoms with Crippen molar-refractivity contribution in [2.24, 2.45) is 0 Å². The van der Waals surface area contributed by atoms with E-state index in [2.05, 4.69) is 130 Å². The zero-order valence-corrected chi connectivity index (χ0v) is 46.9. The molecule has 1 atom stereocenters. The minimum absolute atomic E-state index is 0.0874. The number of esters is 3. The highest BCUT2D eigenvalue weighted by Crippen LogP contribution is 2.15. The van der Waals surface area contributed by atoms with E-state index < -0.39 is 6.10 Å². The van der Waals surface area contributed by atoms with Crippen LogP contribution < -0.4 is 0 Å². The summed E-state index contributed by atoms with van der Waals surface area (Å²) in [4.78, 5) is 38.0. The summed E-state index contributed by atoms with van der Waals surface area (Å²) in [6, 6.07) is 0. The highest BCUT2D eigenvalue weighted by Gasteiger charge is 2.19. The minimum atomic E-state index is -0.789. The molecule has 0 aliphatic heterocycles. The van der Waals surface area contributed by atoms with Crippen LogP contribution in [0.25, 0.3) is 0 Å². The molecule has 0 spiro atoms. The SMILES string of the molecule is CC/C=C\C/C=C\C/C=C\C/C=C\C/C=C\C/C=C\CCCCCCCCCCCCCCC(=O)OCC(COC(=O)CCCCCCC/C=C\CCC)OC(=O)CCCCCCC/C=C\C/C=C\CCC. The van der Waals surface area contributed by atoms with Gasteiger partial charge in [-0.1, -0.05) is 246 Å². The van der Waals surface area contributed by atoms with Gasteiger partial charge in [0.15, 0.2) is 6.10 Å². The third-order valence-corrected chi connectivity index (χ3v) is 12.4. The third-order valence-electron chi connectivity index (χ3n) is 12.4. The Labute approximate surface area is 444 Å². The zero-order valence-electron chi connectivity index (χ0n) is 46.9. The van der Waals surface area contributed by atoms with Gasteiger partial charge in [-0.05, 0) is 116 Å². The Morgan fingerprint density at radius 1 is 0.292 bits per heavy atom. The molecule has 0 rings (SSSR count). The molecule has 0 aliphatic rings. The molecular formula is C66H110O6. The Morgan fingerprint density at radius 2 is 0.542 bits per heavy atom. The fraction of sp³-hybridized carbons (Fsp3) is 0.682. The molecule has 0 bridgehead atoms. The van der Waals surface area contributed by atoms with Crippen LogP contribution in [-0.2, 0) is 28.6 Å². The molecule has 0 aromatic carbocycles. The molecule has 6 nitrogen and oxygen atoms in total. The first kappa shape index (κ1) is 68.1. The van der Waals surface area contributed by atoms with Gasteiger partial charge in [-0.3, -0.25) is 14.4 Å². The summed E-state index contributed by atoms with van der Waals surface area (Å²) in [6.45, 7) is 6.38. The van der Waals surface area contributed by atoms with Crippen LogP contribution in [0.3, 0.4) is 0 Å². The number of rotatable bonds is 53.